The fourth-order valence-electron chi connectivity index (χ4n) is 2.53. The van der Waals surface area contributed by atoms with E-state index in [4.69, 9.17) is 9.84 Å². The molecule has 0 spiro atoms. The van der Waals surface area contributed by atoms with Gasteiger partial charge in [0.15, 0.2) is 0 Å². The maximum absolute atomic E-state index is 10.9. The van der Waals surface area contributed by atoms with Crippen LogP contribution in [0, 0.1) is 6.92 Å². The highest BCUT2D eigenvalue weighted by Crippen LogP contribution is 2.27. The van der Waals surface area contributed by atoms with Crippen molar-refractivity contribution < 1.29 is 14.6 Å². The number of aryl methyl sites for hydroxylation is 1. The molecule has 0 bridgehead atoms. The molecule has 1 fully saturated rings. The molecule has 0 radical (unpaired) electrons. The SMILES string of the molecule is Cc1cc(C(=O)O)ccc1NC1CCOC(C)(C)C1. The third-order valence-corrected chi connectivity index (χ3v) is 3.53. The quantitative estimate of drug-likeness (QED) is 0.880. The minimum atomic E-state index is -0.887. The average Bonchev–Trinajstić information content (AvgIpc) is 2.30. The van der Waals surface area contributed by atoms with Gasteiger partial charge in [-0.25, -0.2) is 4.79 Å². The zero-order chi connectivity index (χ0) is 14.0. The molecule has 1 aromatic rings. The molecular formula is C15H21NO3. The zero-order valence-electron chi connectivity index (χ0n) is 11.7. The number of nitrogens with one attached hydrogen (secondary N) is 1. The van der Waals surface area contributed by atoms with Gasteiger partial charge in [0.2, 0.25) is 0 Å². The van der Waals surface area contributed by atoms with E-state index in [1.54, 1.807) is 12.1 Å². The highest BCUT2D eigenvalue weighted by Gasteiger charge is 2.28. The molecule has 1 atom stereocenters. The third kappa shape index (κ3) is 3.47. The number of anilines is 1. The van der Waals surface area contributed by atoms with Crippen LogP contribution in [0.5, 0.6) is 0 Å². The fourth-order valence-corrected chi connectivity index (χ4v) is 2.53. The van der Waals surface area contributed by atoms with Gasteiger partial charge in [0.1, 0.15) is 0 Å². The van der Waals surface area contributed by atoms with Crippen molar-refractivity contribution in [3.63, 3.8) is 0 Å². The van der Waals surface area contributed by atoms with Crippen molar-refractivity contribution in [2.75, 3.05) is 11.9 Å². The predicted octanol–water partition coefficient (Wildman–Crippen LogP) is 3.06. The summed E-state index contributed by atoms with van der Waals surface area (Å²) in [6.07, 6.45) is 1.93. The molecule has 4 nitrogen and oxygen atoms in total. The Balaban J connectivity index is 2.09. The second kappa shape index (κ2) is 5.21. The normalized spacial score (nSPS) is 21.9. The molecule has 0 aliphatic carbocycles. The summed E-state index contributed by atoms with van der Waals surface area (Å²) in [4.78, 5) is 10.9. The number of rotatable bonds is 3. The number of ether oxygens (including phenoxy) is 1. The molecule has 1 unspecified atom stereocenters. The summed E-state index contributed by atoms with van der Waals surface area (Å²) in [6.45, 7) is 6.89. The molecule has 1 heterocycles. The Morgan fingerprint density at radius 3 is 2.79 bits per heavy atom. The van der Waals surface area contributed by atoms with E-state index in [-0.39, 0.29) is 5.60 Å². The summed E-state index contributed by atoms with van der Waals surface area (Å²) in [5.74, 6) is -0.887. The monoisotopic (exact) mass is 263 g/mol. The highest BCUT2D eigenvalue weighted by atomic mass is 16.5. The Kier molecular flexibility index (Phi) is 3.80. The predicted molar refractivity (Wildman–Crippen MR) is 74.8 cm³/mol. The van der Waals surface area contributed by atoms with Gasteiger partial charge < -0.3 is 15.2 Å². The van der Waals surface area contributed by atoms with Crippen molar-refractivity contribution in [2.45, 2.75) is 45.3 Å². The van der Waals surface area contributed by atoms with Crippen LogP contribution < -0.4 is 5.32 Å². The van der Waals surface area contributed by atoms with Gasteiger partial charge in [-0.15, -0.1) is 0 Å². The first kappa shape index (κ1) is 13.9. The van der Waals surface area contributed by atoms with Crippen molar-refractivity contribution in [2.24, 2.45) is 0 Å². The van der Waals surface area contributed by atoms with Crippen LogP contribution in [0.3, 0.4) is 0 Å². The lowest BCUT2D eigenvalue weighted by molar-refractivity contribution is -0.0553. The van der Waals surface area contributed by atoms with E-state index in [9.17, 15) is 4.79 Å². The summed E-state index contributed by atoms with van der Waals surface area (Å²) < 4.78 is 5.70. The van der Waals surface area contributed by atoms with Crippen LogP contribution in [0.4, 0.5) is 5.69 Å². The van der Waals surface area contributed by atoms with Crippen LogP contribution >= 0.6 is 0 Å². The van der Waals surface area contributed by atoms with Gasteiger partial charge in [0.05, 0.1) is 11.2 Å². The number of aromatic carboxylic acids is 1. The molecule has 2 rings (SSSR count). The second-order valence-corrected chi connectivity index (χ2v) is 5.78. The Morgan fingerprint density at radius 2 is 2.21 bits per heavy atom. The van der Waals surface area contributed by atoms with Crippen molar-refractivity contribution >= 4 is 11.7 Å². The molecule has 104 valence electrons. The van der Waals surface area contributed by atoms with Gasteiger partial charge in [0.25, 0.3) is 0 Å². The Morgan fingerprint density at radius 1 is 1.47 bits per heavy atom. The van der Waals surface area contributed by atoms with Crippen LogP contribution in [-0.4, -0.2) is 29.3 Å². The lowest BCUT2D eigenvalue weighted by atomic mass is 9.93. The van der Waals surface area contributed by atoms with Crippen molar-refractivity contribution in [3.05, 3.63) is 29.3 Å². The summed E-state index contributed by atoms with van der Waals surface area (Å²) in [7, 11) is 0. The topological polar surface area (TPSA) is 58.6 Å². The Bertz CT molecular complexity index is 482. The van der Waals surface area contributed by atoms with E-state index in [2.05, 4.69) is 19.2 Å². The molecular weight excluding hydrogens is 242 g/mol. The van der Waals surface area contributed by atoms with Gasteiger partial charge in [-0.1, -0.05) is 0 Å². The largest absolute Gasteiger partial charge is 0.478 e. The Hall–Kier alpha value is -1.55. The van der Waals surface area contributed by atoms with Crippen molar-refractivity contribution in [1.29, 1.82) is 0 Å². The number of carbonyl (C=O) groups is 1. The highest BCUT2D eigenvalue weighted by molar-refractivity contribution is 5.88. The van der Waals surface area contributed by atoms with Crippen molar-refractivity contribution in [1.82, 2.24) is 0 Å². The third-order valence-electron chi connectivity index (χ3n) is 3.53. The van der Waals surface area contributed by atoms with Crippen LogP contribution in [-0.2, 0) is 4.74 Å². The van der Waals surface area contributed by atoms with E-state index in [0.717, 1.165) is 30.7 Å². The first-order valence-corrected chi connectivity index (χ1v) is 6.62. The lowest BCUT2D eigenvalue weighted by Gasteiger charge is -2.36. The number of benzene rings is 1. The molecule has 1 saturated heterocycles. The maximum atomic E-state index is 10.9. The molecule has 0 amide bonds. The molecule has 19 heavy (non-hydrogen) atoms. The van der Waals surface area contributed by atoms with E-state index in [1.165, 1.54) is 0 Å². The summed E-state index contributed by atoms with van der Waals surface area (Å²) in [6, 6.07) is 5.57. The standard InChI is InChI=1S/C15H21NO3/c1-10-8-11(14(17)18)4-5-13(10)16-12-6-7-19-15(2,3)9-12/h4-5,8,12,16H,6-7,9H2,1-3H3,(H,17,18). The first-order valence-electron chi connectivity index (χ1n) is 6.62. The average molecular weight is 263 g/mol. The van der Waals surface area contributed by atoms with Gasteiger partial charge in [-0.05, 0) is 57.4 Å². The van der Waals surface area contributed by atoms with E-state index >= 15 is 0 Å². The fraction of sp³-hybridized carbons (Fsp3) is 0.533. The minimum absolute atomic E-state index is 0.0924. The smallest absolute Gasteiger partial charge is 0.335 e. The molecule has 4 heteroatoms. The molecule has 1 aromatic carbocycles. The van der Waals surface area contributed by atoms with E-state index in [1.807, 2.05) is 13.0 Å². The van der Waals surface area contributed by atoms with Crippen molar-refractivity contribution in [3.8, 4) is 0 Å². The summed E-state index contributed by atoms with van der Waals surface area (Å²) in [5, 5.41) is 12.5. The van der Waals surface area contributed by atoms with Crippen LogP contribution in [0.1, 0.15) is 42.6 Å². The van der Waals surface area contributed by atoms with Gasteiger partial charge in [-0.2, -0.15) is 0 Å². The van der Waals surface area contributed by atoms with E-state index < -0.39 is 5.97 Å². The number of carboxylic acids is 1. The molecule has 1 aliphatic heterocycles. The number of hydrogen-bond donors (Lipinski definition) is 2. The minimum Gasteiger partial charge on any atom is -0.478 e. The molecule has 0 aromatic heterocycles. The maximum Gasteiger partial charge on any atom is 0.335 e. The van der Waals surface area contributed by atoms with Crippen LogP contribution in [0.15, 0.2) is 18.2 Å². The molecule has 0 saturated carbocycles. The zero-order valence-corrected chi connectivity index (χ0v) is 11.7. The van der Waals surface area contributed by atoms with Gasteiger partial charge in [0, 0.05) is 18.3 Å². The van der Waals surface area contributed by atoms with Gasteiger partial charge >= 0.3 is 5.97 Å². The van der Waals surface area contributed by atoms with Gasteiger partial charge in [-0.3, -0.25) is 0 Å². The lowest BCUT2D eigenvalue weighted by Crippen LogP contribution is -2.40. The number of hydrogen-bond acceptors (Lipinski definition) is 3. The molecule has 2 N–H and O–H groups in total. The summed E-state index contributed by atoms with van der Waals surface area (Å²) in [5.41, 5.74) is 2.21. The Labute approximate surface area is 113 Å². The van der Waals surface area contributed by atoms with E-state index in [0.29, 0.717) is 11.6 Å². The van der Waals surface area contributed by atoms with Crippen LogP contribution in [0.2, 0.25) is 0 Å². The first-order chi connectivity index (χ1) is 8.87. The van der Waals surface area contributed by atoms with Crippen LogP contribution in [0.25, 0.3) is 0 Å². The number of carboxylic acid groups (broad SMARTS) is 1. The molecule has 1 aliphatic rings. The second-order valence-electron chi connectivity index (χ2n) is 5.78. The summed E-state index contributed by atoms with van der Waals surface area (Å²) >= 11 is 0.